The number of aromatic nitrogens is 6. The number of H-pyrrole nitrogens is 2. The van der Waals surface area contributed by atoms with Gasteiger partial charge in [-0.05, 0) is 55.6 Å². The van der Waals surface area contributed by atoms with E-state index in [0.717, 1.165) is 64.1 Å². The monoisotopic (exact) mass is 510 g/mol. The Morgan fingerprint density at radius 2 is 2.14 bits per heavy atom. The average molecular weight is 511 g/mol. The van der Waals surface area contributed by atoms with Crippen molar-refractivity contribution in [3.8, 4) is 27.7 Å². The van der Waals surface area contributed by atoms with E-state index >= 15 is 0 Å². The van der Waals surface area contributed by atoms with Crippen molar-refractivity contribution in [2.24, 2.45) is 4.99 Å². The van der Waals surface area contributed by atoms with E-state index in [-0.39, 0.29) is 6.10 Å². The van der Waals surface area contributed by atoms with Gasteiger partial charge in [-0.25, -0.2) is 9.97 Å². The lowest BCUT2D eigenvalue weighted by atomic mass is 10.1. The molecule has 1 fully saturated rings. The van der Waals surface area contributed by atoms with E-state index in [9.17, 15) is 0 Å². The van der Waals surface area contributed by atoms with Crippen molar-refractivity contribution < 1.29 is 4.74 Å². The molecule has 0 spiro atoms. The fourth-order valence-electron chi connectivity index (χ4n) is 4.53. The molecule has 0 aromatic carbocycles. The highest BCUT2D eigenvalue weighted by atomic mass is 32.1. The summed E-state index contributed by atoms with van der Waals surface area (Å²) in [6, 6.07) is 8.10. The smallest absolute Gasteiger partial charge is 0.178 e. The van der Waals surface area contributed by atoms with Gasteiger partial charge in [0.1, 0.15) is 17.5 Å². The number of nitrogens with one attached hydrogen (secondary N) is 3. The Morgan fingerprint density at radius 1 is 1.24 bits per heavy atom. The molecule has 1 saturated heterocycles. The molecule has 0 saturated carbocycles. The second-order valence-corrected chi connectivity index (χ2v) is 9.76. The molecule has 9 nitrogen and oxygen atoms in total. The van der Waals surface area contributed by atoms with Crippen LogP contribution in [0.5, 0.6) is 5.75 Å². The fourth-order valence-corrected chi connectivity index (χ4v) is 5.28. The van der Waals surface area contributed by atoms with Crippen LogP contribution in [-0.4, -0.2) is 62.1 Å². The van der Waals surface area contributed by atoms with Gasteiger partial charge >= 0.3 is 0 Å². The quantitative estimate of drug-likeness (QED) is 0.303. The molecule has 0 unspecified atom stereocenters. The molecule has 0 radical (unpaired) electrons. The van der Waals surface area contributed by atoms with Gasteiger partial charge in [-0.15, -0.1) is 11.3 Å². The van der Waals surface area contributed by atoms with E-state index in [1.807, 2.05) is 24.3 Å². The van der Waals surface area contributed by atoms with Crippen LogP contribution in [0.25, 0.3) is 45.8 Å². The van der Waals surface area contributed by atoms with E-state index in [2.05, 4.69) is 53.5 Å². The standard InChI is InChI=1S/C27H26N8OS/c1-16-21(13-22(28-2)17-12-19(15-30-14-17)36-18-5-8-29-9-6-18)25(35-34-16)27-32-24-20(23-4-3-11-37-23)7-10-31-26(24)33-27/h3-4,7,10-15,18,29,34H,1,5-6,8-9H2,2H3,(H,31,32,33)/b21-13+,28-22?. The summed E-state index contributed by atoms with van der Waals surface area (Å²) in [5, 5.41) is 14.4. The lowest BCUT2D eigenvalue weighted by Gasteiger charge is -2.23. The highest BCUT2D eigenvalue weighted by Gasteiger charge is 2.17. The summed E-state index contributed by atoms with van der Waals surface area (Å²) in [5.41, 5.74) is 4.81. The van der Waals surface area contributed by atoms with Crippen molar-refractivity contribution in [3.05, 3.63) is 64.4 Å². The molecule has 6 rings (SSSR count). The maximum Gasteiger partial charge on any atom is 0.178 e. The fraction of sp³-hybridized carbons (Fsp3) is 0.222. The Labute approximate surface area is 217 Å². The van der Waals surface area contributed by atoms with Gasteiger partial charge in [-0.2, -0.15) is 5.10 Å². The molecule has 0 aliphatic carbocycles. The van der Waals surface area contributed by atoms with Crippen LogP contribution in [0.1, 0.15) is 18.4 Å². The Bertz CT molecular complexity index is 1680. The number of rotatable bonds is 6. The van der Waals surface area contributed by atoms with Crippen LogP contribution in [-0.2, 0) is 0 Å². The summed E-state index contributed by atoms with van der Waals surface area (Å²) in [4.78, 5) is 22.7. The van der Waals surface area contributed by atoms with Crippen LogP contribution in [0.2, 0.25) is 0 Å². The van der Waals surface area contributed by atoms with Crippen LogP contribution < -0.4 is 20.6 Å². The lowest BCUT2D eigenvalue weighted by Crippen LogP contribution is -2.34. The van der Waals surface area contributed by atoms with Gasteiger partial charge in [0.05, 0.1) is 22.8 Å². The van der Waals surface area contributed by atoms with Gasteiger partial charge in [0.2, 0.25) is 0 Å². The molecule has 0 atom stereocenters. The predicted octanol–water partition coefficient (Wildman–Crippen LogP) is 2.91. The number of pyridine rings is 2. The minimum Gasteiger partial charge on any atom is -0.489 e. The third kappa shape index (κ3) is 4.68. The third-order valence-corrected chi connectivity index (χ3v) is 7.31. The lowest BCUT2D eigenvalue weighted by molar-refractivity contribution is 0.162. The second kappa shape index (κ2) is 10.1. The number of thiophene rings is 1. The maximum atomic E-state index is 6.19. The first kappa shape index (κ1) is 23.3. The number of aliphatic imine (C=N–C) groups is 1. The van der Waals surface area contributed by atoms with E-state index in [1.165, 1.54) is 0 Å². The van der Waals surface area contributed by atoms with Crippen molar-refractivity contribution in [3.63, 3.8) is 0 Å². The van der Waals surface area contributed by atoms with Gasteiger partial charge in [-0.1, -0.05) is 12.6 Å². The molecule has 37 heavy (non-hydrogen) atoms. The second-order valence-electron chi connectivity index (χ2n) is 8.81. The largest absolute Gasteiger partial charge is 0.489 e. The topological polar surface area (TPSA) is 117 Å². The van der Waals surface area contributed by atoms with Crippen molar-refractivity contribution in [2.75, 3.05) is 20.1 Å². The Morgan fingerprint density at radius 3 is 2.95 bits per heavy atom. The normalized spacial score (nSPS) is 15.5. The highest BCUT2D eigenvalue weighted by Crippen LogP contribution is 2.30. The van der Waals surface area contributed by atoms with Crippen LogP contribution in [0.3, 0.4) is 0 Å². The first-order valence-corrected chi connectivity index (χ1v) is 13.0. The molecule has 5 aromatic heterocycles. The molecular weight excluding hydrogens is 484 g/mol. The minimum atomic E-state index is 0.192. The van der Waals surface area contributed by atoms with E-state index in [4.69, 9.17) is 9.72 Å². The number of ether oxygens (including phenoxy) is 1. The Hall–Kier alpha value is -4.15. The first-order valence-electron chi connectivity index (χ1n) is 12.1. The van der Waals surface area contributed by atoms with Gasteiger partial charge in [0.15, 0.2) is 11.5 Å². The molecule has 6 heterocycles. The van der Waals surface area contributed by atoms with Crippen LogP contribution >= 0.6 is 11.3 Å². The summed E-state index contributed by atoms with van der Waals surface area (Å²) >= 11 is 1.68. The number of hydrogen-bond donors (Lipinski definition) is 3. The van der Waals surface area contributed by atoms with Crippen LogP contribution in [0.4, 0.5) is 0 Å². The van der Waals surface area contributed by atoms with Gasteiger partial charge in [0, 0.05) is 40.7 Å². The number of aromatic amines is 2. The number of imidazole rings is 1. The van der Waals surface area contributed by atoms with Crippen LogP contribution in [0.15, 0.2) is 53.2 Å². The highest BCUT2D eigenvalue weighted by molar-refractivity contribution is 7.13. The molecule has 1 aliphatic heterocycles. The molecule has 3 N–H and O–H groups in total. The van der Waals surface area contributed by atoms with Crippen molar-refractivity contribution in [1.82, 2.24) is 35.5 Å². The predicted molar refractivity (Wildman–Crippen MR) is 147 cm³/mol. The van der Waals surface area contributed by atoms with Gasteiger partial charge < -0.3 is 15.0 Å². The van der Waals surface area contributed by atoms with E-state index in [1.54, 1.807) is 37.0 Å². The zero-order valence-corrected chi connectivity index (χ0v) is 21.2. The zero-order valence-electron chi connectivity index (χ0n) is 20.4. The molecule has 10 heteroatoms. The van der Waals surface area contributed by atoms with Gasteiger partial charge in [0.25, 0.3) is 0 Å². The van der Waals surface area contributed by atoms with Crippen molar-refractivity contribution in [2.45, 2.75) is 18.9 Å². The summed E-state index contributed by atoms with van der Waals surface area (Å²) in [5.74, 6) is 1.35. The molecule has 1 aliphatic rings. The maximum absolute atomic E-state index is 6.19. The molecule has 5 aromatic rings. The number of hydrogen-bond acceptors (Lipinski definition) is 8. The SMILES string of the molecule is C=c1[nH]nc(-c2nc3nccc(-c4cccs4)c3[nH]2)/c1=C/C(=NC)c1cncc(OC2CCNCC2)c1. The summed E-state index contributed by atoms with van der Waals surface area (Å²) in [7, 11) is 1.76. The zero-order chi connectivity index (χ0) is 25.2. The number of fused-ring (bicyclic) bond motifs is 1. The third-order valence-electron chi connectivity index (χ3n) is 6.41. The first-order chi connectivity index (χ1) is 18.2. The number of piperidine rings is 1. The Kier molecular flexibility index (Phi) is 6.33. The molecule has 186 valence electrons. The number of nitrogens with zero attached hydrogens (tertiary/aromatic N) is 5. The van der Waals surface area contributed by atoms with Gasteiger partial charge in [-0.3, -0.25) is 15.1 Å². The summed E-state index contributed by atoms with van der Waals surface area (Å²) < 4.78 is 6.19. The molecule has 0 bridgehead atoms. The van der Waals surface area contributed by atoms with Crippen LogP contribution in [0, 0.1) is 0 Å². The molecular formula is C27H26N8OS. The Balaban J connectivity index is 1.37. The van der Waals surface area contributed by atoms with Crippen molar-refractivity contribution >= 4 is 40.9 Å². The van der Waals surface area contributed by atoms with E-state index < -0.39 is 0 Å². The van der Waals surface area contributed by atoms with E-state index in [0.29, 0.717) is 22.5 Å². The van der Waals surface area contributed by atoms with Crippen molar-refractivity contribution in [1.29, 1.82) is 0 Å². The summed E-state index contributed by atoms with van der Waals surface area (Å²) in [6.07, 6.45) is 9.42. The minimum absolute atomic E-state index is 0.192. The average Bonchev–Trinajstić information content (AvgIpc) is 3.68. The molecule has 0 amide bonds. The summed E-state index contributed by atoms with van der Waals surface area (Å²) in [6.45, 7) is 6.08.